The van der Waals surface area contributed by atoms with Gasteiger partial charge in [-0.3, -0.25) is 0 Å². The first-order valence-electron chi connectivity index (χ1n) is 11.1. The van der Waals surface area contributed by atoms with E-state index in [1.807, 2.05) is 18.2 Å². The van der Waals surface area contributed by atoms with Gasteiger partial charge in [-0.1, -0.05) is 98.5 Å². The molecule has 3 atom stereocenters. The highest BCUT2D eigenvalue weighted by molar-refractivity contribution is 6.76. The van der Waals surface area contributed by atoms with Crippen LogP contribution >= 0.6 is 0 Å². The molecular weight excluding hydrogens is 398 g/mol. The van der Waals surface area contributed by atoms with Crippen molar-refractivity contribution in [3.05, 3.63) is 102 Å². The molecule has 3 aromatic carbocycles. The first-order chi connectivity index (χ1) is 14.8. The molecule has 1 aliphatic rings. The number of hydrogen-bond acceptors (Lipinski definition) is 3. The lowest BCUT2D eigenvalue weighted by atomic mass is 9.99. The summed E-state index contributed by atoms with van der Waals surface area (Å²) >= 11 is 0. The Labute approximate surface area is 187 Å². The van der Waals surface area contributed by atoms with Crippen molar-refractivity contribution in [2.75, 3.05) is 5.32 Å². The third kappa shape index (κ3) is 5.27. The Kier molecular flexibility index (Phi) is 6.33. The van der Waals surface area contributed by atoms with Crippen LogP contribution in [0.1, 0.15) is 30.3 Å². The maximum absolute atomic E-state index is 6.82. The van der Waals surface area contributed by atoms with Crippen molar-refractivity contribution in [2.45, 2.75) is 56.6 Å². The SMILES string of the molecule is CC1([C@@H](C[Si](C)(C)C)Nc2ccccc2)O[C@H](c2ccccc2)[C@@H](c2ccccc2)O1. The van der Waals surface area contributed by atoms with E-state index in [4.69, 9.17) is 9.47 Å². The summed E-state index contributed by atoms with van der Waals surface area (Å²) in [5.41, 5.74) is 3.39. The van der Waals surface area contributed by atoms with E-state index in [0.29, 0.717) is 0 Å². The topological polar surface area (TPSA) is 30.5 Å². The molecule has 3 nitrogen and oxygen atoms in total. The molecule has 0 radical (unpaired) electrons. The molecule has 0 spiro atoms. The van der Waals surface area contributed by atoms with E-state index in [0.717, 1.165) is 22.9 Å². The van der Waals surface area contributed by atoms with Crippen molar-refractivity contribution in [1.29, 1.82) is 0 Å². The van der Waals surface area contributed by atoms with Crippen LogP contribution in [0, 0.1) is 0 Å². The van der Waals surface area contributed by atoms with Crippen LogP contribution in [-0.4, -0.2) is 19.9 Å². The summed E-state index contributed by atoms with van der Waals surface area (Å²) in [7, 11) is -1.41. The summed E-state index contributed by atoms with van der Waals surface area (Å²) < 4.78 is 13.6. The number of hydrogen-bond donors (Lipinski definition) is 1. The van der Waals surface area contributed by atoms with Crippen LogP contribution in [-0.2, 0) is 9.47 Å². The van der Waals surface area contributed by atoms with Crippen LogP contribution in [0.15, 0.2) is 91.0 Å². The summed E-state index contributed by atoms with van der Waals surface area (Å²) in [5.74, 6) is -0.753. The largest absolute Gasteiger partial charge is 0.377 e. The molecule has 0 amide bonds. The Morgan fingerprint density at radius 3 is 1.58 bits per heavy atom. The van der Waals surface area contributed by atoms with Crippen molar-refractivity contribution in [3.63, 3.8) is 0 Å². The van der Waals surface area contributed by atoms with Gasteiger partial charge in [0.25, 0.3) is 0 Å². The van der Waals surface area contributed by atoms with Crippen LogP contribution < -0.4 is 5.32 Å². The Balaban J connectivity index is 1.70. The highest BCUT2D eigenvalue weighted by Crippen LogP contribution is 2.49. The number of nitrogens with one attached hydrogen (secondary N) is 1. The molecule has 0 aromatic heterocycles. The fraction of sp³-hybridized carbons (Fsp3) is 0.333. The average molecular weight is 432 g/mol. The zero-order chi connectivity index (χ0) is 21.9. The summed E-state index contributed by atoms with van der Waals surface area (Å²) in [6.45, 7) is 9.30. The van der Waals surface area contributed by atoms with Gasteiger partial charge in [0.1, 0.15) is 12.2 Å². The summed E-state index contributed by atoms with van der Waals surface area (Å²) in [6.07, 6.45) is -0.314. The Morgan fingerprint density at radius 2 is 1.16 bits per heavy atom. The predicted octanol–water partition coefficient (Wildman–Crippen LogP) is 7.05. The van der Waals surface area contributed by atoms with Gasteiger partial charge >= 0.3 is 0 Å². The van der Waals surface area contributed by atoms with E-state index >= 15 is 0 Å². The third-order valence-electron chi connectivity index (χ3n) is 5.82. The average Bonchev–Trinajstić information content (AvgIpc) is 3.13. The molecule has 1 N–H and O–H groups in total. The summed E-state index contributed by atoms with van der Waals surface area (Å²) in [6, 6.07) is 32.4. The molecule has 4 heteroatoms. The number of rotatable bonds is 7. The fourth-order valence-corrected chi connectivity index (χ4v) is 6.00. The molecule has 0 aliphatic carbocycles. The minimum Gasteiger partial charge on any atom is -0.377 e. The minimum absolute atomic E-state index is 0.0430. The van der Waals surface area contributed by atoms with Gasteiger partial charge in [0.05, 0.1) is 6.04 Å². The standard InChI is InChI=1S/C27H33NO2Si/c1-27(24(20-31(2,3)4)28-23-18-12-7-13-19-23)29-25(21-14-8-5-9-15-21)26(30-27)22-16-10-6-11-17-22/h5-19,24-26,28H,20H2,1-4H3/t24-,25-,26-/m1/s1. The van der Waals surface area contributed by atoms with Crippen molar-refractivity contribution in [2.24, 2.45) is 0 Å². The highest BCUT2D eigenvalue weighted by Gasteiger charge is 2.51. The smallest absolute Gasteiger partial charge is 0.187 e. The second-order valence-electron chi connectivity index (χ2n) is 9.74. The van der Waals surface area contributed by atoms with E-state index in [2.05, 4.69) is 105 Å². The lowest BCUT2D eigenvalue weighted by Crippen LogP contribution is -2.49. The van der Waals surface area contributed by atoms with Crippen LogP contribution in [0.5, 0.6) is 0 Å². The molecule has 0 bridgehead atoms. The van der Waals surface area contributed by atoms with Crippen LogP contribution in [0.4, 0.5) is 5.69 Å². The third-order valence-corrected chi connectivity index (χ3v) is 7.45. The molecule has 1 aliphatic heterocycles. The molecule has 4 rings (SSSR count). The van der Waals surface area contributed by atoms with Gasteiger partial charge in [0.15, 0.2) is 5.79 Å². The van der Waals surface area contributed by atoms with Crippen molar-refractivity contribution in [3.8, 4) is 0 Å². The number of ether oxygens (including phenoxy) is 2. The van der Waals surface area contributed by atoms with E-state index in [1.54, 1.807) is 0 Å². The fourth-order valence-electron chi connectivity index (χ4n) is 4.31. The number of para-hydroxylation sites is 1. The molecule has 1 saturated heterocycles. The number of anilines is 1. The number of benzene rings is 3. The summed E-state index contributed by atoms with van der Waals surface area (Å²) in [4.78, 5) is 0. The predicted molar refractivity (Wildman–Crippen MR) is 131 cm³/mol. The van der Waals surface area contributed by atoms with Gasteiger partial charge in [-0.05, 0) is 36.2 Å². The van der Waals surface area contributed by atoms with Crippen molar-refractivity contribution < 1.29 is 9.47 Å². The van der Waals surface area contributed by atoms with Gasteiger partial charge in [0.2, 0.25) is 0 Å². The lowest BCUT2D eigenvalue weighted by molar-refractivity contribution is -0.170. The maximum Gasteiger partial charge on any atom is 0.187 e. The van der Waals surface area contributed by atoms with Crippen molar-refractivity contribution >= 4 is 13.8 Å². The molecule has 3 aromatic rings. The van der Waals surface area contributed by atoms with E-state index in [9.17, 15) is 0 Å². The minimum atomic E-state index is -1.41. The molecule has 31 heavy (non-hydrogen) atoms. The quantitative estimate of drug-likeness (QED) is 0.407. The van der Waals surface area contributed by atoms with Crippen LogP contribution in [0.25, 0.3) is 0 Å². The Hall–Kier alpha value is -2.40. The van der Waals surface area contributed by atoms with Gasteiger partial charge in [0, 0.05) is 13.8 Å². The second-order valence-corrected chi connectivity index (χ2v) is 15.3. The monoisotopic (exact) mass is 431 g/mol. The van der Waals surface area contributed by atoms with Gasteiger partial charge in [-0.25, -0.2) is 0 Å². The first-order valence-corrected chi connectivity index (χ1v) is 14.8. The van der Waals surface area contributed by atoms with Gasteiger partial charge in [-0.2, -0.15) is 0 Å². The Bertz CT molecular complexity index is 909. The Morgan fingerprint density at radius 1 is 0.742 bits per heavy atom. The van der Waals surface area contributed by atoms with E-state index in [1.165, 1.54) is 0 Å². The highest BCUT2D eigenvalue weighted by atomic mass is 28.3. The van der Waals surface area contributed by atoms with E-state index in [-0.39, 0.29) is 18.2 Å². The van der Waals surface area contributed by atoms with Gasteiger partial charge < -0.3 is 14.8 Å². The molecule has 1 fully saturated rings. The summed E-state index contributed by atoms with van der Waals surface area (Å²) in [5, 5.41) is 3.75. The van der Waals surface area contributed by atoms with Gasteiger partial charge in [-0.15, -0.1) is 0 Å². The zero-order valence-corrected chi connectivity index (χ0v) is 19.9. The van der Waals surface area contributed by atoms with Crippen LogP contribution in [0.3, 0.4) is 0 Å². The normalized spacial score (nSPS) is 21.5. The first kappa shape index (κ1) is 21.8. The van der Waals surface area contributed by atoms with E-state index < -0.39 is 13.9 Å². The molecular formula is C27H33NO2Si. The second kappa shape index (κ2) is 8.99. The molecule has 0 unspecified atom stereocenters. The molecule has 0 saturated carbocycles. The maximum atomic E-state index is 6.82. The zero-order valence-electron chi connectivity index (χ0n) is 18.9. The molecule has 162 valence electrons. The molecule has 1 heterocycles. The van der Waals surface area contributed by atoms with Crippen molar-refractivity contribution in [1.82, 2.24) is 0 Å². The lowest BCUT2D eigenvalue weighted by Gasteiger charge is -2.37. The van der Waals surface area contributed by atoms with Crippen LogP contribution in [0.2, 0.25) is 25.7 Å².